The fraction of sp³-hybridized carbons (Fsp3) is 0.467. The highest BCUT2D eigenvalue weighted by molar-refractivity contribution is 8.00. The summed E-state index contributed by atoms with van der Waals surface area (Å²) in [5.41, 5.74) is 8.41. The Labute approximate surface area is 230 Å². The van der Waals surface area contributed by atoms with Crippen LogP contribution in [0.1, 0.15) is 50.4 Å². The SMILES string of the molecule is Bc1cc2c(cc1NC(=C)C1(c3ccc4c(c3)CC(C)(SC)N4)CC1)cc(C(C)(C)CO)n2CC(O)CO. The minimum Gasteiger partial charge on any atom is -0.395 e. The molecule has 1 aromatic heterocycles. The molecule has 1 fully saturated rings. The molecule has 1 aliphatic carbocycles. The number of fused-ring (bicyclic) bond motifs is 2. The third-order valence-corrected chi connectivity index (χ3v) is 9.74. The van der Waals surface area contributed by atoms with Crippen molar-refractivity contribution in [2.45, 2.75) is 68.4 Å². The summed E-state index contributed by atoms with van der Waals surface area (Å²) in [6.07, 6.45) is 4.46. The lowest BCUT2D eigenvalue weighted by molar-refractivity contribution is 0.0802. The van der Waals surface area contributed by atoms with Crippen molar-refractivity contribution in [3.8, 4) is 0 Å². The molecule has 0 radical (unpaired) electrons. The summed E-state index contributed by atoms with van der Waals surface area (Å²) >= 11 is 1.86. The van der Waals surface area contributed by atoms with Gasteiger partial charge in [0.05, 0.1) is 30.7 Å². The van der Waals surface area contributed by atoms with E-state index in [0.717, 1.165) is 52.7 Å². The first-order chi connectivity index (χ1) is 17.9. The van der Waals surface area contributed by atoms with E-state index in [1.807, 2.05) is 30.2 Å². The Bertz CT molecular complexity index is 1400. The van der Waals surface area contributed by atoms with Crippen LogP contribution in [0.4, 0.5) is 11.4 Å². The summed E-state index contributed by atoms with van der Waals surface area (Å²) in [6.45, 7) is 10.7. The first kappa shape index (κ1) is 27.2. The molecule has 2 atom stereocenters. The van der Waals surface area contributed by atoms with E-state index in [9.17, 15) is 15.3 Å². The number of anilines is 2. The monoisotopic (exact) mass is 533 g/mol. The normalized spacial score (nSPS) is 20.7. The molecule has 0 saturated heterocycles. The predicted molar refractivity (Wildman–Crippen MR) is 163 cm³/mol. The standard InChI is InChI=1S/C30H40BN3O3S/c1-18(30(8-9-30)21-6-7-24-20(10-21)14-29(4,33-24)38-5)32-25-11-19-12-27(28(2,3)17-36)34(15-22(37)16-35)26(19)13-23(25)31/h6-7,10-13,22,32-33,35-37H,1,8-9,14-17,31H2,2-5H3. The third kappa shape index (κ3) is 4.66. The lowest BCUT2D eigenvalue weighted by Gasteiger charge is -2.25. The second-order valence-corrected chi connectivity index (χ2v) is 13.3. The fourth-order valence-electron chi connectivity index (χ4n) is 5.80. The van der Waals surface area contributed by atoms with Crippen LogP contribution in [0.15, 0.2) is 48.7 Å². The highest BCUT2D eigenvalue weighted by atomic mass is 32.2. The molecule has 1 saturated carbocycles. The number of nitrogens with one attached hydrogen (secondary N) is 2. The number of nitrogens with zero attached hydrogens (tertiary/aromatic N) is 1. The second-order valence-electron chi connectivity index (χ2n) is 12.0. The van der Waals surface area contributed by atoms with Gasteiger partial charge in [0.25, 0.3) is 0 Å². The van der Waals surface area contributed by atoms with Gasteiger partial charge in [-0.05, 0) is 61.4 Å². The Morgan fingerprint density at radius 2 is 1.97 bits per heavy atom. The van der Waals surface area contributed by atoms with Crippen molar-refractivity contribution in [3.05, 3.63) is 65.5 Å². The molecule has 6 nitrogen and oxygen atoms in total. The maximum Gasteiger partial charge on any atom is 0.142 e. The van der Waals surface area contributed by atoms with E-state index in [2.05, 4.69) is 74.6 Å². The fourth-order valence-corrected chi connectivity index (χ4v) is 6.31. The Morgan fingerprint density at radius 3 is 2.61 bits per heavy atom. The number of benzene rings is 2. The predicted octanol–water partition coefficient (Wildman–Crippen LogP) is 3.23. The summed E-state index contributed by atoms with van der Waals surface area (Å²) < 4.78 is 2.03. The summed E-state index contributed by atoms with van der Waals surface area (Å²) in [7, 11) is 2.08. The van der Waals surface area contributed by atoms with Gasteiger partial charge in [0, 0.05) is 50.9 Å². The molecule has 5 rings (SSSR count). The highest BCUT2D eigenvalue weighted by Gasteiger charge is 2.48. The van der Waals surface area contributed by atoms with Crippen LogP contribution < -0.4 is 16.1 Å². The van der Waals surface area contributed by atoms with E-state index in [-0.39, 0.29) is 30.0 Å². The van der Waals surface area contributed by atoms with Gasteiger partial charge >= 0.3 is 0 Å². The second kappa shape index (κ2) is 9.67. The van der Waals surface area contributed by atoms with Crippen LogP contribution in [-0.2, 0) is 23.8 Å². The average molecular weight is 534 g/mol. The first-order valence-corrected chi connectivity index (χ1v) is 14.6. The van der Waals surface area contributed by atoms with Gasteiger partial charge < -0.3 is 30.5 Å². The van der Waals surface area contributed by atoms with Crippen LogP contribution in [0.5, 0.6) is 0 Å². The van der Waals surface area contributed by atoms with Crippen molar-refractivity contribution in [1.82, 2.24) is 4.57 Å². The number of allylic oxidation sites excluding steroid dienone is 1. The lowest BCUT2D eigenvalue weighted by atomic mass is 9.88. The Morgan fingerprint density at radius 1 is 1.24 bits per heavy atom. The van der Waals surface area contributed by atoms with E-state index in [1.54, 1.807) is 0 Å². The topological polar surface area (TPSA) is 89.7 Å². The Kier molecular flexibility index (Phi) is 6.92. The molecule has 1 aliphatic heterocycles. The zero-order valence-corrected chi connectivity index (χ0v) is 24.0. The maximum absolute atomic E-state index is 10.2. The minimum absolute atomic E-state index is 0.0195. The molecule has 8 heteroatoms. The number of hydrogen-bond acceptors (Lipinski definition) is 6. The van der Waals surface area contributed by atoms with E-state index in [4.69, 9.17) is 0 Å². The largest absolute Gasteiger partial charge is 0.395 e. The summed E-state index contributed by atoms with van der Waals surface area (Å²) in [4.78, 5) is 0.0481. The molecule has 0 spiro atoms. The molecule has 3 aromatic rings. The zero-order valence-electron chi connectivity index (χ0n) is 23.2. The molecule has 2 heterocycles. The molecule has 38 heavy (non-hydrogen) atoms. The summed E-state index contributed by atoms with van der Waals surface area (Å²) in [5, 5.41) is 38.2. The Hall–Kier alpha value is -2.39. The van der Waals surface area contributed by atoms with Crippen LogP contribution >= 0.6 is 11.8 Å². The molecule has 0 bridgehead atoms. The van der Waals surface area contributed by atoms with Crippen molar-refractivity contribution in [3.63, 3.8) is 0 Å². The highest BCUT2D eigenvalue weighted by Crippen LogP contribution is 2.54. The quantitative estimate of drug-likeness (QED) is 0.257. The van der Waals surface area contributed by atoms with Gasteiger partial charge in [0.15, 0.2) is 0 Å². The van der Waals surface area contributed by atoms with Gasteiger partial charge in [-0.1, -0.05) is 38.0 Å². The molecule has 2 unspecified atom stereocenters. The molecule has 2 aromatic carbocycles. The van der Waals surface area contributed by atoms with Crippen molar-refractivity contribution in [2.24, 2.45) is 0 Å². The maximum atomic E-state index is 10.2. The van der Waals surface area contributed by atoms with E-state index in [1.165, 1.54) is 16.8 Å². The van der Waals surface area contributed by atoms with Crippen molar-refractivity contribution < 1.29 is 15.3 Å². The average Bonchev–Trinajstić information content (AvgIpc) is 3.54. The summed E-state index contributed by atoms with van der Waals surface area (Å²) in [6, 6.07) is 13.2. The van der Waals surface area contributed by atoms with Crippen LogP contribution in [0, 0.1) is 0 Å². The number of hydrogen-bond donors (Lipinski definition) is 5. The van der Waals surface area contributed by atoms with Gasteiger partial charge in [0.2, 0.25) is 0 Å². The lowest BCUT2D eigenvalue weighted by Crippen LogP contribution is -2.29. The van der Waals surface area contributed by atoms with Crippen LogP contribution in [0.3, 0.4) is 0 Å². The number of aliphatic hydroxyl groups excluding tert-OH is 3. The van der Waals surface area contributed by atoms with E-state index >= 15 is 0 Å². The Balaban J connectivity index is 1.45. The molecule has 5 N–H and O–H groups in total. The third-order valence-electron chi connectivity index (χ3n) is 8.59. The molecule has 0 amide bonds. The number of aromatic nitrogens is 1. The van der Waals surface area contributed by atoms with Gasteiger partial charge in [-0.3, -0.25) is 0 Å². The van der Waals surface area contributed by atoms with Gasteiger partial charge in [-0.2, -0.15) is 0 Å². The number of aliphatic hydroxyl groups is 3. The molecular weight excluding hydrogens is 493 g/mol. The van der Waals surface area contributed by atoms with E-state index < -0.39 is 11.5 Å². The number of rotatable bonds is 10. The first-order valence-electron chi connectivity index (χ1n) is 13.4. The zero-order chi connectivity index (χ0) is 27.5. The molecular formula is C30H40BN3O3S. The van der Waals surface area contributed by atoms with Crippen LogP contribution in [0.2, 0.25) is 0 Å². The van der Waals surface area contributed by atoms with Gasteiger partial charge in [-0.25, -0.2) is 0 Å². The van der Waals surface area contributed by atoms with Gasteiger partial charge in [0.1, 0.15) is 7.85 Å². The summed E-state index contributed by atoms with van der Waals surface area (Å²) in [5.74, 6) is 0. The smallest absolute Gasteiger partial charge is 0.142 e. The molecule has 2 aliphatic rings. The van der Waals surface area contributed by atoms with Crippen molar-refractivity contribution >= 4 is 47.3 Å². The van der Waals surface area contributed by atoms with Gasteiger partial charge in [-0.15, -0.1) is 11.8 Å². The molecule has 202 valence electrons. The minimum atomic E-state index is -0.872. The van der Waals surface area contributed by atoms with Crippen LogP contribution in [0.25, 0.3) is 10.9 Å². The van der Waals surface area contributed by atoms with Crippen molar-refractivity contribution in [2.75, 3.05) is 30.1 Å². The number of thioether (sulfide) groups is 1. The van der Waals surface area contributed by atoms with Crippen molar-refractivity contribution in [1.29, 1.82) is 0 Å². The van der Waals surface area contributed by atoms with Crippen LogP contribution in [-0.4, -0.2) is 58.2 Å². The van der Waals surface area contributed by atoms with E-state index in [0.29, 0.717) is 0 Å².